The van der Waals surface area contributed by atoms with Crippen LogP contribution in [0.1, 0.15) is 30.4 Å². The van der Waals surface area contributed by atoms with E-state index in [1.54, 1.807) is 17.5 Å². The monoisotopic (exact) mass is 402 g/mol. The molecule has 7 nitrogen and oxygen atoms in total. The van der Waals surface area contributed by atoms with E-state index in [4.69, 9.17) is 4.52 Å². The standard InChI is InChI=1S/C19H19FN4O3S/c1-10-14(11(2)27-24-10)6-7-18(26)23-19-22-17(9-28-19)15-5-4-13(8-16(15)20)21-12(3)25/h4-5,8-9H,6-7H2,1-3H3,(H,21,25)(H,22,23,26). The van der Waals surface area contributed by atoms with Gasteiger partial charge in [0, 0.05) is 35.5 Å². The van der Waals surface area contributed by atoms with Gasteiger partial charge in [0.2, 0.25) is 11.8 Å². The number of hydrogen-bond acceptors (Lipinski definition) is 6. The van der Waals surface area contributed by atoms with Crippen molar-refractivity contribution >= 4 is 34.0 Å². The third-order valence-electron chi connectivity index (χ3n) is 4.10. The van der Waals surface area contributed by atoms with Crippen LogP contribution < -0.4 is 10.6 Å². The second kappa shape index (κ2) is 8.30. The summed E-state index contributed by atoms with van der Waals surface area (Å²) in [5, 5.41) is 11.2. The van der Waals surface area contributed by atoms with Gasteiger partial charge in [-0.2, -0.15) is 0 Å². The van der Waals surface area contributed by atoms with Crippen molar-refractivity contribution < 1.29 is 18.5 Å². The molecule has 0 aliphatic heterocycles. The van der Waals surface area contributed by atoms with E-state index in [9.17, 15) is 14.0 Å². The molecule has 0 unspecified atom stereocenters. The summed E-state index contributed by atoms with van der Waals surface area (Å²) in [6.07, 6.45) is 0.780. The van der Waals surface area contributed by atoms with Crippen LogP contribution in [0.15, 0.2) is 28.1 Å². The maximum Gasteiger partial charge on any atom is 0.226 e. The molecule has 2 N–H and O–H groups in total. The quantitative estimate of drug-likeness (QED) is 0.647. The second-order valence-electron chi connectivity index (χ2n) is 6.26. The van der Waals surface area contributed by atoms with E-state index >= 15 is 0 Å². The highest BCUT2D eigenvalue weighted by molar-refractivity contribution is 7.14. The second-order valence-corrected chi connectivity index (χ2v) is 7.12. The maximum atomic E-state index is 14.3. The molecule has 0 radical (unpaired) electrons. The molecule has 1 aromatic carbocycles. The number of hydrogen-bond donors (Lipinski definition) is 2. The van der Waals surface area contributed by atoms with Gasteiger partial charge >= 0.3 is 0 Å². The zero-order valence-electron chi connectivity index (χ0n) is 15.6. The molecule has 2 aromatic heterocycles. The molecule has 9 heteroatoms. The smallest absolute Gasteiger partial charge is 0.226 e. The zero-order valence-corrected chi connectivity index (χ0v) is 16.4. The van der Waals surface area contributed by atoms with Crippen molar-refractivity contribution in [2.75, 3.05) is 10.6 Å². The number of carbonyl (C=O) groups is 2. The Morgan fingerprint density at radius 1 is 1.25 bits per heavy atom. The summed E-state index contributed by atoms with van der Waals surface area (Å²) in [4.78, 5) is 27.5. The number of carbonyl (C=O) groups excluding carboxylic acids is 2. The maximum absolute atomic E-state index is 14.3. The lowest BCUT2D eigenvalue weighted by Crippen LogP contribution is -2.12. The topological polar surface area (TPSA) is 97.1 Å². The summed E-state index contributed by atoms with van der Waals surface area (Å²) in [7, 11) is 0. The van der Waals surface area contributed by atoms with Gasteiger partial charge in [0.15, 0.2) is 5.13 Å². The normalized spacial score (nSPS) is 10.7. The molecular weight excluding hydrogens is 383 g/mol. The first-order valence-electron chi connectivity index (χ1n) is 8.58. The van der Waals surface area contributed by atoms with Gasteiger partial charge in [-0.1, -0.05) is 5.16 Å². The highest BCUT2D eigenvalue weighted by atomic mass is 32.1. The largest absolute Gasteiger partial charge is 0.361 e. The number of thiazole rings is 1. The SMILES string of the molecule is CC(=O)Nc1ccc(-c2csc(NC(=O)CCc3c(C)noc3C)n2)c(F)c1. The average Bonchev–Trinajstić information content (AvgIpc) is 3.19. The van der Waals surface area contributed by atoms with Crippen LogP contribution in [0.4, 0.5) is 15.2 Å². The molecule has 0 bridgehead atoms. The van der Waals surface area contributed by atoms with Gasteiger partial charge in [0.05, 0.1) is 11.4 Å². The van der Waals surface area contributed by atoms with Crippen molar-refractivity contribution in [3.8, 4) is 11.3 Å². The number of benzene rings is 1. The molecule has 146 valence electrons. The number of nitrogens with zero attached hydrogens (tertiary/aromatic N) is 2. The summed E-state index contributed by atoms with van der Waals surface area (Å²) in [5.41, 5.74) is 2.78. The molecule has 0 atom stereocenters. The number of anilines is 2. The number of halogens is 1. The molecular formula is C19H19FN4O3S. The Morgan fingerprint density at radius 2 is 2.04 bits per heavy atom. The van der Waals surface area contributed by atoms with E-state index in [1.807, 2.05) is 13.8 Å². The van der Waals surface area contributed by atoms with Crippen molar-refractivity contribution in [1.82, 2.24) is 10.1 Å². The Kier molecular flexibility index (Phi) is 5.84. The molecule has 0 fully saturated rings. The Labute approximate surface area is 165 Å². The van der Waals surface area contributed by atoms with Gasteiger partial charge in [-0.15, -0.1) is 11.3 Å². The van der Waals surface area contributed by atoms with Crippen LogP contribution >= 0.6 is 11.3 Å². The summed E-state index contributed by atoms with van der Waals surface area (Å²) >= 11 is 1.22. The Morgan fingerprint density at radius 3 is 2.68 bits per heavy atom. The van der Waals surface area contributed by atoms with Gasteiger partial charge in [-0.05, 0) is 38.5 Å². The molecule has 0 aliphatic carbocycles. The lowest BCUT2D eigenvalue weighted by molar-refractivity contribution is -0.116. The van der Waals surface area contributed by atoms with Crippen molar-refractivity contribution in [1.29, 1.82) is 0 Å². The van der Waals surface area contributed by atoms with Crippen LogP contribution in [0.25, 0.3) is 11.3 Å². The minimum absolute atomic E-state index is 0.192. The van der Waals surface area contributed by atoms with E-state index in [0.29, 0.717) is 34.3 Å². The summed E-state index contributed by atoms with van der Waals surface area (Å²) in [6, 6.07) is 4.37. The molecule has 0 aliphatic rings. The van der Waals surface area contributed by atoms with Crippen LogP contribution in [0, 0.1) is 19.7 Å². The molecule has 3 aromatic rings. The summed E-state index contributed by atoms with van der Waals surface area (Å²) < 4.78 is 19.4. The van der Waals surface area contributed by atoms with Crippen LogP contribution in [-0.2, 0) is 16.0 Å². The van der Waals surface area contributed by atoms with Gasteiger partial charge in [0.1, 0.15) is 11.6 Å². The van der Waals surface area contributed by atoms with E-state index in [0.717, 1.165) is 11.3 Å². The zero-order chi connectivity index (χ0) is 20.3. The molecule has 0 saturated heterocycles. The predicted molar refractivity (Wildman–Crippen MR) is 105 cm³/mol. The number of rotatable bonds is 6. The fourth-order valence-corrected chi connectivity index (χ4v) is 3.46. The third kappa shape index (κ3) is 4.61. The van der Waals surface area contributed by atoms with Gasteiger partial charge in [-0.25, -0.2) is 9.37 Å². The number of aromatic nitrogens is 2. The van der Waals surface area contributed by atoms with E-state index in [1.165, 1.54) is 24.3 Å². The molecule has 2 heterocycles. The lowest BCUT2D eigenvalue weighted by atomic mass is 10.1. The molecule has 2 amide bonds. The average molecular weight is 402 g/mol. The number of nitrogens with one attached hydrogen (secondary N) is 2. The van der Waals surface area contributed by atoms with Crippen molar-refractivity contribution in [2.24, 2.45) is 0 Å². The molecule has 0 spiro atoms. The molecule has 3 rings (SSSR count). The Bertz CT molecular complexity index is 1010. The van der Waals surface area contributed by atoms with Crippen LogP contribution in [0.5, 0.6) is 0 Å². The first-order chi connectivity index (χ1) is 13.3. The fraction of sp³-hybridized carbons (Fsp3) is 0.263. The van der Waals surface area contributed by atoms with E-state index in [-0.39, 0.29) is 18.2 Å². The summed E-state index contributed by atoms with van der Waals surface area (Å²) in [5.74, 6) is -0.266. The first-order valence-corrected chi connectivity index (χ1v) is 9.46. The van der Waals surface area contributed by atoms with Crippen LogP contribution in [-0.4, -0.2) is 22.0 Å². The first kappa shape index (κ1) is 19.7. The van der Waals surface area contributed by atoms with Gasteiger partial charge < -0.3 is 15.2 Å². The minimum atomic E-state index is -0.507. The third-order valence-corrected chi connectivity index (χ3v) is 4.86. The molecule has 28 heavy (non-hydrogen) atoms. The van der Waals surface area contributed by atoms with Gasteiger partial charge in [-0.3, -0.25) is 9.59 Å². The highest BCUT2D eigenvalue weighted by Crippen LogP contribution is 2.29. The number of aryl methyl sites for hydroxylation is 2. The van der Waals surface area contributed by atoms with E-state index in [2.05, 4.69) is 20.8 Å². The van der Waals surface area contributed by atoms with Crippen molar-refractivity contribution in [3.63, 3.8) is 0 Å². The predicted octanol–water partition coefficient (Wildman–Crippen LogP) is 4.08. The Hall–Kier alpha value is -3.07. The van der Waals surface area contributed by atoms with Gasteiger partial charge in [0.25, 0.3) is 0 Å². The fourth-order valence-electron chi connectivity index (χ4n) is 2.74. The summed E-state index contributed by atoms with van der Waals surface area (Å²) in [6.45, 7) is 5.00. The Balaban J connectivity index is 1.64. The van der Waals surface area contributed by atoms with Crippen molar-refractivity contribution in [2.45, 2.75) is 33.6 Å². The minimum Gasteiger partial charge on any atom is -0.361 e. The highest BCUT2D eigenvalue weighted by Gasteiger charge is 2.14. The van der Waals surface area contributed by atoms with E-state index < -0.39 is 5.82 Å². The van der Waals surface area contributed by atoms with Crippen LogP contribution in [0.3, 0.4) is 0 Å². The van der Waals surface area contributed by atoms with Crippen LogP contribution in [0.2, 0.25) is 0 Å². The molecule has 0 saturated carbocycles. The number of amides is 2. The van der Waals surface area contributed by atoms with Crippen molar-refractivity contribution in [3.05, 3.63) is 46.4 Å². The lowest BCUT2D eigenvalue weighted by Gasteiger charge is -2.05.